The van der Waals surface area contributed by atoms with Gasteiger partial charge >= 0.3 is 0 Å². The van der Waals surface area contributed by atoms with Gasteiger partial charge in [-0.05, 0) is 58.3 Å². The zero-order valence-electron chi connectivity index (χ0n) is 22.7. The lowest BCUT2D eigenvalue weighted by Gasteiger charge is -2.50. The highest BCUT2D eigenvalue weighted by Gasteiger charge is 2.64. The van der Waals surface area contributed by atoms with Crippen LogP contribution in [0.1, 0.15) is 42.0 Å². The van der Waals surface area contributed by atoms with Gasteiger partial charge in [0.05, 0.1) is 25.3 Å². The van der Waals surface area contributed by atoms with E-state index in [1.54, 1.807) is 14.1 Å². The van der Waals surface area contributed by atoms with E-state index >= 15 is 0 Å². The molecule has 1 saturated heterocycles. The van der Waals surface area contributed by atoms with Crippen molar-refractivity contribution in [3.63, 3.8) is 0 Å². The number of β-amino-alcohol motifs (C(OH)–C–C–N with tert-alkyl or cyclic N) is 1. The monoisotopic (exact) mass is 557 g/mol. The number of amides is 1. The number of Topliss-reactive ketones (excluding diaryl/α,β-unsaturated/α-hetero) is 2. The maximum atomic E-state index is 14.0. The molecule has 1 heterocycles. The Morgan fingerprint density at radius 3 is 2.55 bits per heavy atom. The normalized spacial score (nSPS) is 30.4. The number of benzene rings is 1. The summed E-state index contributed by atoms with van der Waals surface area (Å²) < 4.78 is 5.82. The van der Waals surface area contributed by atoms with Gasteiger partial charge in [-0.3, -0.25) is 24.2 Å². The maximum absolute atomic E-state index is 14.0. The molecule has 1 unspecified atom stereocenters. The number of hydrogen-bond acceptors (Lipinski definition) is 11. The molecule has 0 bridgehead atoms. The van der Waals surface area contributed by atoms with Gasteiger partial charge in [0.25, 0.3) is 5.91 Å². The number of primary amides is 1. The van der Waals surface area contributed by atoms with Crippen LogP contribution in [0.5, 0.6) is 11.5 Å². The molecule has 1 aliphatic heterocycles. The fourth-order valence-electron chi connectivity index (χ4n) is 7.38. The number of aromatic hydroxyl groups is 1. The second-order valence-electron chi connectivity index (χ2n) is 11.3. The zero-order chi connectivity index (χ0) is 29.3. The maximum Gasteiger partial charge on any atom is 0.255 e. The number of carbonyl (C=O) groups excluding carboxylic acids is 3. The van der Waals surface area contributed by atoms with Crippen molar-refractivity contribution in [3.05, 3.63) is 39.7 Å². The van der Waals surface area contributed by atoms with Crippen molar-refractivity contribution >= 4 is 23.2 Å². The van der Waals surface area contributed by atoms with Gasteiger partial charge in [-0.2, -0.15) is 0 Å². The van der Waals surface area contributed by atoms with Crippen LogP contribution in [0.25, 0.3) is 5.76 Å². The Labute approximate surface area is 230 Å². The van der Waals surface area contributed by atoms with Crippen LogP contribution >= 0.6 is 0 Å². The number of likely N-dealkylation sites (tertiary alicyclic amines) is 1. The zero-order valence-corrected chi connectivity index (χ0v) is 22.7. The Balaban J connectivity index is 1.69. The van der Waals surface area contributed by atoms with Crippen molar-refractivity contribution in [2.24, 2.45) is 17.6 Å². The lowest BCUT2D eigenvalue weighted by molar-refractivity contribution is -0.153. The number of nitrogens with zero attached hydrogens (tertiary/aromatic N) is 2. The van der Waals surface area contributed by atoms with Crippen molar-refractivity contribution in [1.29, 1.82) is 0 Å². The van der Waals surface area contributed by atoms with E-state index in [0.717, 1.165) is 19.4 Å². The lowest BCUT2D eigenvalue weighted by atomic mass is 9.57. The molecular weight excluding hydrogens is 522 g/mol. The molecule has 1 saturated carbocycles. The van der Waals surface area contributed by atoms with E-state index in [0.29, 0.717) is 23.4 Å². The highest BCUT2D eigenvalue weighted by Crippen LogP contribution is 2.55. The Morgan fingerprint density at radius 2 is 1.95 bits per heavy atom. The topological polar surface area (TPSA) is 194 Å². The third-order valence-corrected chi connectivity index (χ3v) is 9.01. The minimum absolute atomic E-state index is 0.0000281. The largest absolute Gasteiger partial charge is 0.508 e. The van der Waals surface area contributed by atoms with Crippen LogP contribution in [0.2, 0.25) is 0 Å². The van der Waals surface area contributed by atoms with Crippen molar-refractivity contribution in [2.75, 3.05) is 40.9 Å². The highest BCUT2D eigenvalue weighted by atomic mass is 16.5. The number of ketones is 2. The summed E-state index contributed by atoms with van der Waals surface area (Å²) >= 11 is 0. The number of nitrogens with two attached hydrogens (primary N) is 1. The first kappa shape index (κ1) is 28.1. The van der Waals surface area contributed by atoms with Crippen LogP contribution in [-0.4, -0.2) is 105 Å². The molecule has 1 aromatic carbocycles. The van der Waals surface area contributed by atoms with Gasteiger partial charge in [0.15, 0.2) is 11.4 Å². The van der Waals surface area contributed by atoms with E-state index < -0.39 is 58.0 Å². The predicted molar refractivity (Wildman–Crippen MR) is 141 cm³/mol. The fourth-order valence-corrected chi connectivity index (χ4v) is 7.38. The van der Waals surface area contributed by atoms with Crippen molar-refractivity contribution < 1.29 is 44.7 Å². The minimum atomic E-state index is -2.68. The Kier molecular flexibility index (Phi) is 6.94. The summed E-state index contributed by atoms with van der Waals surface area (Å²) in [6, 6.07) is 0.209. The smallest absolute Gasteiger partial charge is 0.255 e. The first-order valence-corrected chi connectivity index (χ1v) is 13.3. The third kappa shape index (κ3) is 3.77. The number of methoxy groups -OCH3 is 1. The van der Waals surface area contributed by atoms with E-state index in [9.17, 15) is 39.9 Å². The van der Waals surface area contributed by atoms with Crippen LogP contribution < -0.4 is 10.5 Å². The summed E-state index contributed by atoms with van der Waals surface area (Å²) in [6.07, 6.45) is 1.81. The van der Waals surface area contributed by atoms with Crippen molar-refractivity contribution in [3.8, 4) is 11.5 Å². The number of phenolic OH excluding ortho intramolecular Hbond substituents is 1. The molecule has 216 valence electrons. The molecule has 12 heteroatoms. The fraction of sp³-hybridized carbons (Fsp3) is 0.536. The van der Waals surface area contributed by atoms with Crippen LogP contribution in [0.4, 0.5) is 0 Å². The lowest BCUT2D eigenvalue weighted by Crippen LogP contribution is -2.65. The molecule has 0 radical (unpaired) electrons. The molecule has 4 aliphatic rings. The van der Waals surface area contributed by atoms with Gasteiger partial charge in [0.1, 0.15) is 28.6 Å². The molecule has 40 heavy (non-hydrogen) atoms. The first-order valence-electron chi connectivity index (χ1n) is 13.3. The molecule has 0 spiro atoms. The molecule has 0 aromatic heterocycles. The van der Waals surface area contributed by atoms with Crippen LogP contribution in [-0.2, 0) is 20.8 Å². The predicted octanol–water partition coefficient (Wildman–Crippen LogP) is 0.102. The van der Waals surface area contributed by atoms with E-state index in [1.165, 1.54) is 18.1 Å². The number of fused-ring (bicyclic) bond motifs is 3. The summed E-state index contributed by atoms with van der Waals surface area (Å²) in [6.45, 7) is 1.19. The summed E-state index contributed by atoms with van der Waals surface area (Å²) in [5.74, 6) is -6.48. The number of rotatable bonds is 6. The molecule has 5 rings (SSSR count). The Hall–Kier alpha value is -3.45. The van der Waals surface area contributed by atoms with Crippen LogP contribution in [0.3, 0.4) is 0 Å². The number of ether oxygens (including phenoxy) is 1. The number of hydrogen-bond donors (Lipinski definition) is 6. The van der Waals surface area contributed by atoms with Crippen molar-refractivity contribution in [1.82, 2.24) is 9.80 Å². The number of aliphatic hydroxyl groups excluding tert-OH is 3. The van der Waals surface area contributed by atoms with Gasteiger partial charge in [-0.25, -0.2) is 0 Å². The van der Waals surface area contributed by atoms with Gasteiger partial charge in [-0.1, -0.05) is 0 Å². The van der Waals surface area contributed by atoms with Gasteiger partial charge in [-0.15, -0.1) is 0 Å². The summed E-state index contributed by atoms with van der Waals surface area (Å²) in [4.78, 5) is 42.9. The molecule has 1 aromatic rings. The standard InChI is InChI=1S/C28H35N3O9/c1-30(2)21-15-10-12-9-14-19(17(33)11-13(24(14)40-3)16-5-4-6-31(16)7-8-32)22(34)18(12)25(36)28(15,39)26(37)20(23(21)35)27(29)38/h11-12,15-16,21,32-34,37,39H,4-10H2,1-3H3,(H2,29,38)/t12-,15-,16?,21-,28-/m0/s1. The van der Waals surface area contributed by atoms with E-state index in [1.807, 2.05) is 0 Å². The Morgan fingerprint density at radius 1 is 1.25 bits per heavy atom. The van der Waals surface area contributed by atoms with E-state index in [-0.39, 0.29) is 42.4 Å². The second-order valence-corrected chi connectivity index (χ2v) is 11.3. The molecular formula is C28H35N3O9. The number of carbonyl (C=O) groups is 3. The number of aliphatic hydroxyl groups is 4. The molecule has 1 amide bonds. The minimum Gasteiger partial charge on any atom is -0.508 e. The summed E-state index contributed by atoms with van der Waals surface area (Å²) in [5.41, 5.74) is 2.80. The number of likely N-dealkylation sites (N-methyl/N-ethyl adjacent to an activating group) is 1. The number of phenols is 1. The Bertz CT molecular complexity index is 1370. The molecule has 2 fully saturated rings. The first-order chi connectivity index (χ1) is 18.9. The summed E-state index contributed by atoms with van der Waals surface area (Å²) in [5, 5.41) is 54.8. The highest BCUT2D eigenvalue weighted by molar-refractivity contribution is 6.24. The second kappa shape index (κ2) is 9.88. The van der Waals surface area contributed by atoms with Gasteiger partial charge in [0.2, 0.25) is 5.78 Å². The van der Waals surface area contributed by atoms with Gasteiger partial charge in [0, 0.05) is 35.2 Å². The quantitative estimate of drug-likeness (QED) is 0.260. The molecule has 5 atom stereocenters. The molecule has 3 aliphatic carbocycles. The van der Waals surface area contributed by atoms with E-state index in [2.05, 4.69) is 4.90 Å². The van der Waals surface area contributed by atoms with Crippen LogP contribution in [0.15, 0.2) is 23.0 Å². The average Bonchev–Trinajstić information content (AvgIpc) is 3.34. The average molecular weight is 558 g/mol. The van der Waals surface area contributed by atoms with Crippen LogP contribution in [0, 0.1) is 11.8 Å². The SMILES string of the molecule is COc1c(C2CCCN2CCO)cc(O)c2c1C[C@H]1C[C@H]3[C@H](N(C)C)C(=O)C(C(N)=O)=C(O)[C@@]3(O)C(=O)C1=C2O. The molecule has 7 N–H and O–H groups in total. The van der Waals surface area contributed by atoms with E-state index in [4.69, 9.17) is 10.5 Å². The summed E-state index contributed by atoms with van der Waals surface area (Å²) in [7, 11) is 4.60. The third-order valence-electron chi connectivity index (χ3n) is 9.01. The molecule has 12 nitrogen and oxygen atoms in total. The van der Waals surface area contributed by atoms with Gasteiger partial charge < -0.3 is 36.0 Å². The van der Waals surface area contributed by atoms with Crippen molar-refractivity contribution in [2.45, 2.75) is 43.4 Å².